The van der Waals surface area contributed by atoms with Gasteiger partial charge in [0.25, 0.3) is 0 Å². The highest BCUT2D eigenvalue weighted by Crippen LogP contribution is 2.37. The van der Waals surface area contributed by atoms with Crippen LogP contribution in [0, 0.1) is 5.92 Å². The molecule has 0 amide bonds. The third-order valence-electron chi connectivity index (χ3n) is 4.45. The van der Waals surface area contributed by atoms with Crippen molar-refractivity contribution < 1.29 is 19.1 Å². The molecule has 0 spiro atoms. The van der Waals surface area contributed by atoms with Gasteiger partial charge in [-0.1, -0.05) is 32.9 Å². The minimum atomic E-state index is -1.87. The van der Waals surface area contributed by atoms with Crippen LogP contribution in [0.15, 0.2) is 24.3 Å². The largest absolute Gasteiger partial charge is 0.544 e. The van der Waals surface area contributed by atoms with Crippen LogP contribution < -0.4 is 4.43 Å². The third-order valence-corrected chi connectivity index (χ3v) is 8.81. The van der Waals surface area contributed by atoms with Crippen molar-refractivity contribution in [2.24, 2.45) is 5.92 Å². The van der Waals surface area contributed by atoms with Crippen molar-refractivity contribution in [3.05, 3.63) is 29.8 Å². The second-order valence-corrected chi connectivity index (χ2v) is 11.9. The van der Waals surface area contributed by atoms with Crippen molar-refractivity contribution in [2.75, 3.05) is 7.11 Å². The molecular formula is C17H28O4Si. The van der Waals surface area contributed by atoms with Gasteiger partial charge >= 0.3 is 5.97 Å². The summed E-state index contributed by atoms with van der Waals surface area (Å²) < 4.78 is 10.9. The summed E-state index contributed by atoms with van der Waals surface area (Å²) >= 11 is 0. The molecule has 0 aliphatic carbocycles. The Morgan fingerprint density at radius 2 is 1.68 bits per heavy atom. The Bertz CT molecular complexity index is 502. The lowest BCUT2D eigenvalue weighted by molar-refractivity contribution is -0.148. The van der Waals surface area contributed by atoms with Crippen LogP contribution in [0.25, 0.3) is 0 Å². The molecule has 0 aliphatic rings. The highest BCUT2D eigenvalue weighted by atomic mass is 28.4. The van der Waals surface area contributed by atoms with E-state index in [1.165, 1.54) is 7.11 Å². The van der Waals surface area contributed by atoms with Crippen molar-refractivity contribution in [1.29, 1.82) is 0 Å². The van der Waals surface area contributed by atoms with Gasteiger partial charge in [-0.15, -0.1) is 0 Å². The number of esters is 1. The normalized spacial score (nSPS) is 15.1. The van der Waals surface area contributed by atoms with E-state index < -0.39 is 26.3 Å². The molecule has 0 heterocycles. The third kappa shape index (κ3) is 4.33. The van der Waals surface area contributed by atoms with Crippen molar-refractivity contribution in [1.82, 2.24) is 0 Å². The molecule has 0 saturated heterocycles. The van der Waals surface area contributed by atoms with Crippen LogP contribution in [0.2, 0.25) is 18.1 Å². The standard InChI is InChI=1S/C17H28O4Si/c1-12(16(19)20-5)15(18)13-8-10-14(11-9-13)21-22(6,7)17(2,3)4/h8-12,15,18H,1-7H3/t12-,15+/m1/s1. The zero-order chi connectivity index (χ0) is 17.1. The highest BCUT2D eigenvalue weighted by Gasteiger charge is 2.39. The molecule has 124 valence electrons. The van der Waals surface area contributed by atoms with Crippen molar-refractivity contribution in [3.8, 4) is 5.75 Å². The van der Waals surface area contributed by atoms with Gasteiger partial charge in [-0.2, -0.15) is 0 Å². The van der Waals surface area contributed by atoms with Crippen molar-refractivity contribution in [2.45, 2.75) is 51.9 Å². The van der Waals surface area contributed by atoms with E-state index in [9.17, 15) is 9.90 Å². The van der Waals surface area contributed by atoms with E-state index in [4.69, 9.17) is 4.43 Å². The topological polar surface area (TPSA) is 55.8 Å². The number of hydrogen-bond acceptors (Lipinski definition) is 4. The van der Waals surface area contributed by atoms with E-state index in [2.05, 4.69) is 38.6 Å². The smallest absolute Gasteiger partial charge is 0.311 e. The summed E-state index contributed by atoms with van der Waals surface area (Å²) in [6.45, 7) is 12.6. The predicted octanol–water partition coefficient (Wildman–Crippen LogP) is 3.91. The van der Waals surface area contributed by atoms with Gasteiger partial charge in [0.1, 0.15) is 5.75 Å². The van der Waals surface area contributed by atoms with E-state index in [-0.39, 0.29) is 5.04 Å². The summed E-state index contributed by atoms with van der Waals surface area (Å²) in [6.07, 6.45) is -0.880. The average molecular weight is 324 g/mol. The maximum absolute atomic E-state index is 11.5. The number of rotatable bonds is 5. The van der Waals surface area contributed by atoms with Crippen LogP contribution in [0.1, 0.15) is 39.4 Å². The molecule has 0 aliphatic heterocycles. The molecule has 2 atom stereocenters. The minimum Gasteiger partial charge on any atom is -0.544 e. The van der Waals surface area contributed by atoms with Crippen LogP contribution in [0.3, 0.4) is 0 Å². The second-order valence-electron chi connectivity index (χ2n) is 7.19. The molecule has 0 bridgehead atoms. The summed E-state index contributed by atoms with van der Waals surface area (Å²) in [5.74, 6) is -0.223. The molecule has 1 N–H and O–H groups in total. The zero-order valence-corrected chi connectivity index (χ0v) is 15.6. The number of methoxy groups -OCH3 is 1. The first-order valence-electron chi connectivity index (χ1n) is 7.54. The Kier molecular flexibility index (Phi) is 5.81. The van der Waals surface area contributed by atoms with Crippen LogP contribution in [0.4, 0.5) is 0 Å². The van der Waals surface area contributed by atoms with Gasteiger partial charge in [0, 0.05) is 0 Å². The van der Waals surface area contributed by atoms with Crippen LogP contribution in [-0.2, 0) is 9.53 Å². The number of aliphatic hydroxyl groups excluding tert-OH is 1. The lowest BCUT2D eigenvalue weighted by Gasteiger charge is -2.36. The maximum Gasteiger partial charge on any atom is 0.311 e. The molecule has 0 unspecified atom stereocenters. The van der Waals surface area contributed by atoms with Gasteiger partial charge in [0.05, 0.1) is 19.1 Å². The average Bonchev–Trinajstić information content (AvgIpc) is 2.44. The molecule has 22 heavy (non-hydrogen) atoms. The number of carbonyl (C=O) groups excluding carboxylic acids is 1. The maximum atomic E-state index is 11.5. The first-order chi connectivity index (χ1) is 9.99. The molecule has 0 saturated carbocycles. The monoisotopic (exact) mass is 324 g/mol. The summed E-state index contributed by atoms with van der Waals surface area (Å²) in [7, 11) is -0.551. The Balaban J connectivity index is 2.85. The SMILES string of the molecule is COC(=O)[C@H](C)[C@H](O)c1ccc(O[Si](C)(C)C(C)(C)C)cc1. The summed E-state index contributed by atoms with van der Waals surface area (Å²) in [5.41, 5.74) is 0.681. The van der Waals surface area contributed by atoms with Gasteiger partial charge in [0.15, 0.2) is 0 Å². The first-order valence-corrected chi connectivity index (χ1v) is 10.5. The van der Waals surface area contributed by atoms with E-state index >= 15 is 0 Å². The van der Waals surface area contributed by atoms with Crippen LogP contribution in [0.5, 0.6) is 5.75 Å². The number of ether oxygens (including phenoxy) is 1. The Morgan fingerprint density at radius 3 is 2.09 bits per heavy atom. The predicted molar refractivity (Wildman–Crippen MR) is 90.4 cm³/mol. The summed E-state index contributed by atoms with van der Waals surface area (Å²) in [5, 5.41) is 10.3. The van der Waals surface area contributed by atoms with Gasteiger partial charge in [-0.3, -0.25) is 4.79 Å². The van der Waals surface area contributed by atoms with Crippen molar-refractivity contribution >= 4 is 14.3 Å². The Labute approximate surface area is 134 Å². The van der Waals surface area contributed by atoms with E-state index in [0.29, 0.717) is 5.56 Å². The minimum absolute atomic E-state index is 0.130. The summed E-state index contributed by atoms with van der Waals surface area (Å²) in [4.78, 5) is 11.5. The number of aliphatic hydroxyl groups is 1. The molecule has 4 nitrogen and oxygen atoms in total. The molecule has 1 aromatic rings. The Morgan fingerprint density at radius 1 is 1.18 bits per heavy atom. The molecular weight excluding hydrogens is 296 g/mol. The molecule has 0 aromatic heterocycles. The number of carbonyl (C=O) groups is 1. The second kappa shape index (κ2) is 6.83. The van der Waals surface area contributed by atoms with Gasteiger partial charge in [-0.05, 0) is 42.8 Å². The highest BCUT2D eigenvalue weighted by molar-refractivity contribution is 6.74. The fraction of sp³-hybridized carbons (Fsp3) is 0.588. The van der Waals surface area contributed by atoms with Gasteiger partial charge in [0.2, 0.25) is 8.32 Å². The Hall–Kier alpha value is -1.33. The van der Waals surface area contributed by atoms with E-state index in [1.54, 1.807) is 19.1 Å². The van der Waals surface area contributed by atoms with Crippen LogP contribution in [-0.4, -0.2) is 26.5 Å². The zero-order valence-electron chi connectivity index (χ0n) is 14.6. The summed E-state index contributed by atoms with van der Waals surface area (Å²) in [6, 6.07) is 7.30. The van der Waals surface area contributed by atoms with Gasteiger partial charge < -0.3 is 14.3 Å². The van der Waals surface area contributed by atoms with E-state index in [0.717, 1.165) is 5.75 Å². The van der Waals surface area contributed by atoms with Crippen LogP contribution >= 0.6 is 0 Å². The van der Waals surface area contributed by atoms with Gasteiger partial charge in [-0.25, -0.2) is 0 Å². The number of benzene rings is 1. The fourth-order valence-corrected chi connectivity index (χ4v) is 2.82. The van der Waals surface area contributed by atoms with Crippen molar-refractivity contribution in [3.63, 3.8) is 0 Å². The first kappa shape index (κ1) is 18.7. The van der Waals surface area contributed by atoms with E-state index in [1.807, 2.05) is 12.1 Å². The lowest BCUT2D eigenvalue weighted by Crippen LogP contribution is -2.43. The quantitative estimate of drug-likeness (QED) is 0.659. The fourth-order valence-electron chi connectivity index (χ4n) is 1.78. The molecule has 1 aromatic carbocycles. The molecule has 0 fully saturated rings. The lowest BCUT2D eigenvalue weighted by atomic mass is 9.97. The number of hydrogen-bond donors (Lipinski definition) is 1. The molecule has 0 radical (unpaired) electrons. The molecule has 1 rings (SSSR count). The molecule has 5 heteroatoms.